The Labute approximate surface area is 172 Å². The molecule has 4 rings (SSSR count). The van der Waals surface area contributed by atoms with Crippen molar-refractivity contribution in [2.45, 2.75) is 51.6 Å². The Morgan fingerprint density at radius 1 is 1.14 bits per heavy atom. The number of rotatable bonds is 4. The van der Waals surface area contributed by atoms with Gasteiger partial charge in [0, 0.05) is 39.1 Å². The van der Waals surface area contributed by atoms with Gasteiger partial charge in [-0.1, -0.05) is 12.1 Å². The van der Waals surface area contributed by atoms with Gasteiger partial charge >= 0.3 is 5.97 Å². The van der Waals surface area contributed by atoms with Crippen LogP contribution in [0.1, 0.15) is 55.2 Å². The predicted molar refractivity (Wildman–Crippen MR) is 112 cm³/mol. The second-order valence-corrected chi connectivity index (χ2v) is 9.46. The Morgan fingerprint density at radius 3 is 2.43 bits per heavy atom. The molecule has 2 unspecified atom stereocenters. The molecule has 2 atom stereocenters. The molecule has 2 aliphatic rings. The molecule has 0 saturated heterocycles. The standard InChI is InChI=1S/C22H23NO3S2/c1-12(2)26-22(25)19-13(3)23-15-10-14(17-6-4-8-27-17)11-16(24)20(15)21(19)18-7-5-9-28-18/h4-9,12,14,21,23H,10-11H2,1-3H3. The van der Waals surface area contributed by atoms with E-state index in [-0.39, 0.29) is 29.7 Å². The Bertz CT molecular complexity index is 952. The van der Waals surface area contributed by atoms with Crippen LogP contribution in [0.3, 0.4) is 0 Å². The van der Waals surface area contributed by atoms with E-state index in [0.717, 1.165) is 28.3 Å². The van der Waals surface area contributed by atoms with Gasteiger partial charge in [0.05, 0.1) is 17.6 Å². The highest BCUT2D eigenvalue weighted by Crippen LogP contribution is 2.47. The molecule has 0 spiro atoms. The van der Waals surface area contributed by atoms with Crippen molar-refractivity contribution in [2.24, 2.45) is 0 Å². The van der Waals surface area contributed by atoms with Crippen LogP contribution in [0, 0.1) is 0 Å². The number of hydrogen-bond acceptors (Lipinski definition) is 6. The molecule has 1 N–H and O–H groups in total. The Hall–Kier alpha value is -2.18. The zero-order valence-corrected chi connectivity index (χ0v) is 17.8. The molecule has 0 fully saturated rings. The maximum Gasteiger partial charge on any atom is 0.337 e. The molecule has 0 aromatic carbocycles. The summed E-state index contributed by atoms with van der Waals surface area (Å²) in [4.78, 5) is 28.4. The lowest BCUT2D eigenvalue weighted by Crippen LogP contribution is -2.36. The first kappa shape index (κ1) is 19.2. The molecular weight excluding hydrogens is 390 g/mol. The van der Waals surface area contributed by atoms with Crippen molar-refractivity contribution in [1.82, 2.24) is 5.32 Å². The summed E-state index contributed by atoms with van der Waals surface area (Å²) in [6.45, 7) is 5.58. The number of hydrogen-bond donors (Lipinski definition) is 1. The number of carbonyl (C=O) groups is 2. The van der Waals surface area contributed by atoms with E-state index in [2.05, 4.69) is 16.8 Å². The summed E-state index contributed by atoms with van der Waals surface area (Å²) in [6.07, 6.45) is 1.05. The first-order valence-corrected chi connectivity index (χ1v) is 11.2. The Balaban J connectivity index is 1.77. The zero-order valence-electron chi connectivity index (χ0n) is 16.2. The number of allylic oxidation sites excluding steroid dienone is 3. The third-order valence-electron chi connectivity index (χ3n) is 5.16. The van der Waals surface area contributed by atoms with Gasteiger partial charge in [0.15, 0.2) is 5.78 Å². The second-order valence-electron chi connectivity index (χ2n) is 7.50. The summed E-state index contributed by atoms with van der Waals surface area (Å²) in [5, 5.41) is 7.42. The number of thiophene rings is 2. The van der Waals surface area contributed by atoms with Crippen molar-refractivity contribution in [1.29, 1.82) is 0 Å². The minimum absolute atomic E-state index is 0.118. The van der Waals surface area contributed by atoms with Crippen LogP contribution in [0.2, 0.25) is 0 Å². The molecule has 0 amide bonds. The average molecular weight is 414 g/mol. The van der Waals surface area contributed by atoms with Gasteiger partial charge in [-0.05, 0) is 50.1 Å². The normalized spacial score (nSPS) is 22.4. The van der Waals surface area contributed by atoms with Crippen LogP contribution in [0.15, 0.2) is 57.6 Å². The van der Waals surface area contributed by atoms with Gasteiger partial charge in [-0.2, -0.15) is 0 Å². The molecule has 0 bridgehead atoms. The number of esters is 1. The molecule has 0 radical (unpaired) electrons. The highest BCUT2D eigenvalue weighted by atomic mass is 32.1. The van der Waals surface area contributed by atoms with E-state index in [0.29, 0.717) is 12.0 Å². The van der Waals surface area contributed by atoms with Crippen LogP contribution in [-0.4, -0.2) is 17.9 Å². The van der Waals surface area contributed by atoms with Crippen LogP contribution >= 0.6 is 22.7 Å². The summed E-state index contributed by atoms with van der Waals surface area (Å²) in [7, 11) is 0. The molecular formula is C22H23NO3S2. The lowest BCUT2D eigenvalue weighted by Gasteiger charge is -2.36. The third kappa shape index (κ3) is 3.47. The molecule has 6 heteroatoms. The average Bonchev–Trinajstić information content (AvgIpc) is 3.33. The van der Waals surface area contributed by atoms with Crippen molar-refractivity contribution < 1.29 is 14.3 Å². The zero-order chi connectivity index (χ0) is 19.8. The van der Waals surface area contributed by atoms with E-state index in [1.54, 1.807) is 22.7 Å². The van der Waals surface area contributed by atoms with E-state index in [9.17, 15) is 9.59 Å². The molecule has 3 heterocycles. The van der Waals surface area contributed by atoms with Gasteiger partial charge in [-0.25, -0.2) is 4.79 Å². The largest absolute Gasteiger partial charge is 0.460 e. The fraction of sp³-hybridized carbons (Fsp3) is 0.364. The van der Waals surface area contributed by atoms with Crippen molar-refractivity contribution in [3.8, 4) is 0 Å². The van der Waals surface area contributed by atoms with Crippen molar-refractivity contribution in [3.63, 3.8) is 0 Å². The van der Waals surface area contributed by atoms with E-state index in [1.165, 1.54) is 4.88 Å². The lowest BCUT2D eigenvalue weighted by molar-refractivity contribution is -0.143. The number of nitrogens with one attached hydrogen (secondary N) is 1. The monoisotopic (exact) mass is 413 g/mol. The molecule has 4 nitrogen and oxygen atoms in total. The van der Waals surface area contributed by atoms with Crippen LogP contribution in [0.4, 0.5) is 0 Å². The van der Waals surface area contributed by atoms with Gasteiger partial charge in [0.1, 0.15) is 0 Å². The van der Waals surface area contributed by atoms with Crippen molar-refractivity contribution in [2.75, 3.05) is 0 Å². The maximum atomic E-state index is 13.3. The molecule has 0 saturated carbocycles. The topological polar surface area (TPSA) is 55.4 Å². The number of ether oxygens (including phenoxy) is 1. The van der Waals surface area contributed by atoms with E-state index in [4.69, 9.17) is 4.74 Å². The van der Waals surface area contributed by atoms with Gasteiger partial charge in [0.2, 0.25) is 0 Å². The molecule has 1 aliphatic carbocycles. The highest BCUT2D eigenvalue weighted by Gasteiger charge is 2.42. The first-order valence-electron chi connectivity index (χ1n) is 9.47. The fourth-order valence-electron chi connectivity index (χ4n) is 4.05. The molecule has 146 valence electrons. The first-order chi connectivity index (χ1) is 13.5. The number of Topliss-reactive ketones (excluding diaryl/α,β-unsaturated/α-hetero) is 1. The molecule has 2 aromatic rings. The summed E-state index contributed by atoms with van der Waals surface area (Å²) in [6, 6.07) is 8.09. The third-order valence-corrected chi connectivity index (χ3v) is 7.14. The van der Waals surface area contributed by atoms with E-state index >= 15 is 0 Å². The highest BCUT2D eigenvalue weighted by molar-refractivity contribution is 7.10. The van der Waals surface area contributed by atoms with Crippen LogP contribution in [0.5, 0.6) is 0 Å². The molecule has 28 heavy (non-hydrogen) atoms. The van der Waals surface area contributed by atoms with Crippen molar-refractivity contribution >= 4 is 34.4 Å². The minimum Gasteiger partial charge on any atom is -0.460 e. The maximum absolute atomic E-state index is 13.3. The number of dihydropyridines is 1. The minimum atomic E-state index is -0.349. The number of ketones is 1. The SMILES string of the molecule is CC1=C(C(=O)OC(C)C)C(c2cccs2)C2=C(CC(c3cccs3)CC2=O)N1. The van der Waals surface area contributed by atoms with Gasteiger partial charge in [-0.15, -0.1) is 22.7 Å². The Morgan fingerprint density at radius 2 is 1.82 bits per heavy atom. The summed E-state index contributed by atoms with van der Waals surface area (Å²) >= 11 is 3.27. The molecule has 1 aliphatic heterocycles. The van der Waals surface area contributed by atoms with Crippen LogP contribution in [0.25, 0.3) is 0 Å². The van der Waals surface area contributed by atoms with Crippen LogP contribution in [-0.2, 0) is 14.3 Å². The van der Waals surface area contributed by atoms with Gasteiger partial charge < -0.3 is 10.1 Å². The predicted octanol–water partition coefficient (Wildman–Crippen LogP) is 5.12. The fourth-order valence-corrected chi connectivity index (χ4v) is 5.73. The van der Waals surface area contributed by atoms with E-state index in [1.807, 2.05) is 44.4 Å². The molecule has 2 aromatic heterocycles. The van der Waals surface area contributed by atoms with Gasteiger partial charge in [0.25, 0.3) is 0 Å². The van der Waals surface area contributed by atoms with Gasteiger partial charge in [-0.3, -0.25) is 4.79 Å². The van der Waals surface area contributed by atoms with Crippen molar-refractivity contribution in [3.05, 3.63) is 67.3 Å². The van der Waals surface area contributed by atoms with Crippen LogP contribution < -0.4 is 5.32 Å². The summed E-state index contributed by atoms with van der Waals surface area (Å²) in [5.41, 5.74) is 3.02. The Kier molecular flexibility index (Phi) is 5.25. The summed E-state index contributed by atoms with van der Waals surface area (Å²) in [5.74, 6) is -0.384. The quantitative estimate of drug-likeness (QED) is 0.707. The summed E-state index contributed by atoms with van der Waals surface area (Å²) < 4.78 is 5.52. The van der Waals surface area contributed by atoms with E-state index < -0.39 is 0 Å². The second kappa shape index (κ2) is 7.68. The smallest absolute Gasteiger partial charge is 0.337 e. The lowest BCUT2D eigenvalue weighted by atomic mass is 9.74. The number of carbonyl (C=O) groups excluding carboxylic acids is 2.